The van der Waals surface area contributed by atoms with Gasteiger partial charge in [0.15, 0.2) is 0 Å². The molecule has 154 valence electrons. The maximum atomic E-state index is 13.3. The molecule has 0 spiro atoms. The molecule has 3 fully saturated rings. The Morgan fingerprint density at radius 2 is 1.82 bits per heavy atom. The number of nitrogens with zero attached hydrogens (tertiary/aromatic N) is 3. The fourth-order valence-electron chi connectivity index (χ4n) is 6.07. The predicted molar refractivity (Wildman–Crippen MR) is 112 cm³/mol. The summed E-state index contributed by atoms with van der Waals surface area (Å²) in [5.74, 6) is 0.466. The number of hydrogen-bond acceptors (Lipinski definition) is 5. The van der Waals surface area contributed by atoms with Crippen molar-refractivity contribution in [2.75, 3.05) is 36.8 Å². The highest BCUT2D eigenvalue weighted by atomic mass is 32.2. The number of benzene rings is 1. The van der Waals surface area contributed by atoms with E-state index in [0.717, 1.165) is 19.3 Å². The number of hydrogen-bond donors (Lipinski definition) is 0. The number of nitroso groups, excluding NO2 is 1. The summed E-state index contributed by atoms with van der Waals surface area (Å²) in [4.78, 5) is 13.8. The molecule has 0 aromatic heterocycles. The van der Waals surface area contributed by atoms with E-state index in [-0.39, 0.29) is 17.2 Å². The van der Waals surface area contributed by atoms with Crippen LogP contribution >= 0.6 is 0 Å². The average Bonchev–Trinajstić information content (AvgIpc) is 3.02. The molecule has 28 heavy (non-hydrogen) atoms. The van der Waals surface area contributed by atoms with Crippen molar-refractivity contribution in [2.45, 2.75) is 46.1 Å². The van der Waals surface area contributed by atoms with Gasteiger partial charge in [-0.3, -0.25) is 0 Å². The van der Waals surface area contributed by atoms with Crippen molar-refractivity contribution in [1.82, 2.24) is 4.31 Å². The van der Waals surface area contributed by atoms with E-state index < -0.39 is 15.4 Å². The fraction of sp³-hybridized carbons (Fsp3) is 0.714. The molecular formula is C21H31N3O3S. The summed E-state index contributed by atoms with van der Waals surface area (Å²) in [5.41, 5.74) is 1.73. The van der Waals surface area contributed by atoms with Crippen LogP contribution in [0.25, 0.3) is 0 Å². The lowest BCUT2D eigenvalue weighted by Gasteiger charge is -2.42. The van der Waals surface area contributed by atoms with Crippen molar-refractivity contribution >= 4 is 15.7 Å². The molecular weight excluding hydrogens is 374 g/mol. The van der Waals surface area contributed by atoms with Gasteiger partial charge in [0, 0.05) is 37.3 Å². The van der Waals surface area contributed by atoms with Gasteiger partial charge in [0.1, 0.15) is 0 Å². The van der Waals surface area contributed by atoms with Gasteiger partial charge in [-0.15, -0.1) is 0 Å². The Morgan fingerprint density at radius 3 is 2.43 bits per heavy atom. The topological polar surface area (TPSA) is 70.1 Å². The summed E-state index contributed by atoms with van der Waals surface area (Å²) < 4.78 is 28.3. The van der Waals surface area contributed by atoms with E-state index in [1.807, 2.05) is 12.1 Å². The zero-order valence-corrected chi connectivity index (χ0v) is 17.9. The Kier molecular flexibility index (Phi) is 4.82. The Morgan fingerprint density at radius 1 is 1.14 bits per heavy atom. The van der Waals surface area contributed by atoms with Crippen LogP contribution in [0, 0.1) is 28.6 Å². The molecule has 4 rings (SSSR count). The Balaban J connectivity index is 1.49. The number of anilines is 1. The summed E-state index contributed by atoms with van der Waals surface area (Å²) in [6, 6.07) is 7.86. The van der Waals surface area contributed by atoms with Crippen LogP contribution in [0.2, 0.25) is 0 Å². The highest BCUT2D eigenvalue weighted by molar-refractivity contribution is 7.89. The molecule has 1 aromatic carbocycles. The second-order valence-electron chi connectivity index (χ2n) is 9.40. The second-order valence-corrected chi connectivity index (χ2v) is 11.4. The Labute approximate surface area is 168 Å². The first-order chi connectivity index (χ1) is 13.2. The van der Waals surface area contributed by atoms with E-state index >= 15 is 0 Å². The smallest absolute Gasteiger partial charge is 0.214 e. The highest BCUT2D eigenvalue weighted by Gasteiger charge is 2.66. The van der Waals surface area contributed by atoms with Crippen molar-refractivity contribution in [2.24, 2.45) is 21.9 Å². The third-order valence-electron chi connectivity index (χ3n) is 8.04. The minimum atomic E-state index is -3.43. The lowest BCUT2D eigenvalue weighted by molar-refractivity contribution is 0.137. The molecule has 1 saturated heterocycles. The van der Waals surface area contributed by atoms with E-state index in [9.17, 15) is 13.3 Å². The maximum absolute atomic E-state index is 13.3. The Hall–Kier alpha value is -1.47. The summed E-state index contributed by atoms with van der Waals surface area (Å²) in [6.45, 7) is 8.74. The van der Waals surface area contributed by atoms with E-state index in [4.69, 9.17) is 0 Å². The molecule has 0 radical (unpaired) electrons. The monoisotopic (exact) mass is 405 g/mol. The summed E-state index contributed by atoms with van der Waals surface area (Å²) in [7, 11) is -3.43. The van der Waals surface area contributed by atoms with Gasteiger partial charge in [0.2, 0.25) is 10.0 Å². The predicted octanol–water partition coefficient (Wildman–Crippen LogP) is 3.41. The number of aryl methyl sites for hydroxylation is 1. The van der Waals surface area contributed by atoms with Crippen LogP contribution in [0.4, 0.5) is 5.69 Å². The van der Waals surface area contributed by atoms with Crippen molar-refractivity contribution in [3.05, 3.63) is 34.7 Å². The molecule has 1 heterocycles. The second kappa shape index (κ2) is 6.80. The molecule has 3 atom stereocenters. The molecule has 0 amide bonds. The van der Waals surface area contributed by atoms with Crippen LogP contribution in [-0.2, 0) is 10.0 Å². The molecule has 0 N–H and O–H groups in total. The van der Waals surface area contributed by atoms with E-state index in [1.54, 1.807) is 4.31 Å². The molecule has 7 heteroatoms. The molecule has 2 bridgehead atoms. The molecule has 1 aliphatic heterocycles. The van der Waals surface area contributed by atoms with E-state index in [1.165, 1.54) is 11.3 Å². The fourth-order valence-corrected chi connectivity index (χ4v) is 8.33. The summed E-state index contributed by atoms with van der Waals surface area (Å²) in [6.07, 6.45) is 2.55. The Bertz CT molecular complexity index is 861. The number of rotatable bonds is 5. The van der Waals surface area contributed by atoms with Crippen molar-refractivity contribution in [1.29, 1.82) is 0 Å². The van der Waals surface area contributed by atoms with Crippen LogP contribution < -0.4 is 4.90 Å². The lowest BCUT2D eigenvalue weighted by atomic mass is 9.69. The van der Waals surface area contributed by atoms with Gasteiger partial charge in [-0.25, -0.2) is 8.42 Å². The van der Waals surface area contributed by atoms with Gasteiger partial charge in [0.05, 0.1) is 11.8 Å². The number of piperazine rings is 1. The highest BCUT2D eigenvalue weighted by Crippen LogP contribution is 2.67. The van der Waals surface area contributed by atoms with Crippen molar-refractivity contribution < 1.29 is 8.42 Å². The van der Waals surface area contributed by atoms with Crippen LogP contribution in [-0.4, -0.2) is 50.7 Å². The molecule has 2 saturated carbocycles. The van der Waals surface area contributed by atoms with Gasteiger partial charge in [-0.1, -0.05) is 37.2 Å². The van der Waals surface area contributed by atoms with Crippen molar-refractivity contribution in [3.63, 3.8) is 0 Å². The quantitative estimate of drug-likeness (QED) is 0.704. The zero-order valence-electron chi connectivity index (χ0n) is 17.1. The lowest BCUT2D eigenvalue weighted by Crippen LogP contribution is -2.53. The van der Waals surface area contributed by atoms with Crippen LogP contribution in [0.3, 0.4) is 0 Å². The van der Waals surface area contributed by atoms with Crippen molar-refractivity contribution in [3.8, 4) is 0 Å². The normalized spacial score (nSPS) is 32.6. The number of sulfonamides is 1. The summed E-state index contributed by atoms with van der Waals surface area (Å²) >= 11 is 0. The third-order valence-corrected chi connectivity index (χ3v) is 10.1. The standard InChI is InChI=1S/C21H31N3O3S/c1-16-6-4-5-7-18(16)23-10-12-24(13-11-23)28(26,27)15-21-9-8-17(20(21,2)3)14-19(21)22-25/h4-7,17,19H,8-15H2,1-3H3. The molecule has 3 unspecified atom stereocenters. The van der Waals surface area contributed by atoms with Crippen LogP contribution in [0.1, 0.15) is 38.7 Å². The first kappa shape index (κ1) is 19.8. The first-order valence-corrected chi connectivity index (χ1v) is 11.9. The average molecular weight is 406 g/mol. The minimum Gasteiger partial charge on any atom is -0.369 e. The zero-order chi connectivity index (χ0) is 20.2. The van der Waals surface area contributed by atoms with E-state index in [0.29, 0.717) is 32.1 Å². The summed E-state index contributed by atoms with van der Waals surface area (Å²) in [5, 5.41) is 3.39. The van der Waals surface area contributed by atoms with Crippen LogP contribution in [0.15, 0.2) is 29.4 Å². The molecule has 3 aliphatic rings. The molecule has 1 aromatic rings. The van der Waals surface area contributed by atoms with Crippen LogP contribution in [0.5, 0.6) is 0 Å². The van der Waals surface area contributed by atoms with Gasteiger partial charge < -0.3 is 4.90 Å². The van der Waals surface area contributed by atoms with Gasteiger partial charge in [-0.05, 0) is 49.1 Å². The first-order valence-electron chi connectivity index (χ1n) is 10.3. The molecule has 2 aliphatic carbocycles. The largest absolute Gasteiger partial charge is 0.369 e. The van der Waals surface area contributed by atoms with E-state index in [2.05, 4.69) is 43.0 Å². The number of para-hydroxylation sites is 1. The van der Waals surface area contributed by atoms with Gasteiger partial charge >= 0.3 is 0 Å². The maximum Gasteiger partial charge on any atom is 0.214 e. The minimum absolute atomic E-state index is 0.0598. The van der Waals surface area contributed by atoms with Gasteiger partial charge in [-0.2, -0.15) is 9.21 Å². The molecule has 6 nitrogen and oxygen atoms in total. The third kappa shape index (κ3) is 2.89. The SMILES string of the molecule is Cc1ccccc1N1CCN(S(=O)(=O)CC23CCC(CC2N=O)C3(C)C)CC1. The number of fused-ring (bicyclic) bond motifs is 2. The van der Waals surface area contributed by atoms with Gasteiger partial charge in [0.25, 0.3) is 0 Å².